The molecule has 6 heteroatoms. The number of carbonyl (C=O) groups excluding carboxylic acids is 1. The van der Waals surface area contributed by atoms with Crippen molar-refractivity contribution in [2.45, 2.75) is 6.92 Å². The predicted molar refractivity (Wildman–Crippen MR) is 21.9 cm³/mol. The first-order valence-electron chi connectivity index (χ1n) is 1.71. The van der Waals surface area contributed by atoms with Crippen molar-refractivity contribution < 1.29 is 14.8 Å². The molecule has 6 nitrogen and oxygen atoms in total. The van der Waals surface area contributed by atoms with Crippen molar-refractivity contribution in [1.29, 1.82) is 0 Å². The molecule has 0 aliphatic carbocycles. The maximum absolute atomic E-state index is 9.81. The highest BCUT2D eigenvalue weighted by Gasteiger charge is 1.93. The molecule has 0 radical (unpaired) electrons. The van der Waals surface area contributed by atoms with Gasteiger partial charge in [0, 0.05) is 6.92 Å². The summed E-state index contributed by atoms with van der Waals surface area (Å²) in [6.45, 7) is 1.10. The monoisotopic (exact) mass is 120 g/mol. The van der Waals surface area contributed by atoms with Gasteiger partial charge in [0.25, 0.3) is 0 Å². The number of nitrogens with one attached hydrogen (secondary N) is 1. The highest BCUT2D eigenvalue weighted by atomic mass is 17.0. The Hall–Kier alpha value is -1.33. The van der Waals surface area contributed by atoms with E-state index in [0.29, 0.717) is 0 Å². The van der Waals surface area contributed by atoms with Crippen LogP contribution in [0.2, 0.25) is 0 Å². The standard InChI is InChI=1S/C2H4N2O4/c1-2(5)3-8-4(6)7/h1H3,(H,3,5). The predicted octanol–water partition coefficient (Wildman–Crippen LogP) is -0.754. The van der Waals surface area contributed by atoms with Crippen LogP contribution in [0.25, 0.3) is 0 Å². The van der Waals surface area contributed by atoms with Gasteiger partial charge in [-0.05, 0) is 0 Å². The molecule has 0 bridgehead atoms. The van der Waals surface area contributed by atoms with Crippen LogP contribution < -0.4 is 5.48 Å². The van der Waals surface area contributed by atoms with E-state index in [9.17, 15) is 14.9 Å². The van der Waals surface area contributed by atoms with Crippen LogP contribution in [0.4, 0.5) is 0 Å². The molecule has 0 unspecified atom stereocenters. The second kappa shape index (κ2) is 2.78. The van der Waals surface area contributed by atoms with Gasteiger partial charge in [0.1, 0.15) is 0 Å². The first kappa shape index (κ1) is 6.67. The normalized spacial score (nSPS) is 7.62. The Morgan fingerprint density at radius 3 is 2.50 bits per heavy atom. The lowest BCUT2D eigenvalue weighted by Gasteiger charge is -1.92. The molecule has 0 aromatic rings. The van der Waals surface area contributed by atoms with Crippen molar-refractivity contribution in [2.24, 2.45) is 0 Å². The fourth-order valence-corrected chi connectivity index (χ4v) is 0.102. The third kappa shape index (κ3) is 4.67. The van der Waals surface area contributed by atoms with Gasteiger partial charge in [0.15, 0.2) is 0 Å². The quantitative estimate of drug-likeness (QED) is 0.383. The Balaban J connectivity index is 3.18. The molecule has 0 saturated heterocycles. The Morgan fingerprint density at radius 2 is 2.38 bits per heavy atom. The van der Waals surface area contributed by atoms with E-state index in [4.69, 9.17) is 0 Å². The Labute approximate surface area is 44.5 Å². The third-order valence-corrected chi connectivity index (χ3v) is 0.264. The zero-order valence-corrected chi connectivity index (χ0v) is 4.08. The van der Waals surface area contributed by atoms with Gasteiger partial charge < -0.3 is 0 Å². The smallest absolute Gasteiger partial charge is 0.273 e. The minimum Gasteiger partial charge on any atom is -0.273 e. The molecular weight excluding hydrogens is 116 g/mol. The van der Waals surface area contributed by atoms with Crippen molar-refractivity contribution in [3.8, 4) is 0 Å². The van der Waals surface area contributed by atoms with Crippen molar-refractivity contribution >= 4 is 5.91 Å². The molecule has 0 aromatic heterocycles. The lowest BCUT2D eigenvalue weighted by atomic mass is 10.8. The van der Waals surface area contributed by atoms with Gasteiger partial charge in [0.2, 0.25) is 5.91 Å². The summed E-state index contributed by atoms with van der Waals surface area (Å²) in [5.74, 6) is -0.610. The number of amides is 1. The first-order valence-corrected chi connectivity index (χ1v) is 1.71. The summed E-state index contributed by atoms with van der Waals surface area (Å²) in [6.07, 6.45) is 0. The first-order chi connectivity index (χ1) is 3.63. The van der Waals surface area contributed by atoms with E-state index in [1.54, 1.807) is 0 Å². The number of hydroxylamine groups is 1. The molecule has 0 aliphatic heterocycles. The zero-order valence-electron chi connectivity index (χ0n) is 4.08. The molecule has 0 heterocycles. The minimum absolute atomic E-state index is 0.610. The number of hydrogen-bond acceptors (Lipinski definition) is 4. The summed E-state index contributed by atoms with van der Waals surface area (Å²) in [6, 6.07) is 0. The maximum atomic E-state index is 9.81. The van der Waals surface area contributed by atoms with Gasteiger partial charge in [-0.3, -0.25) is 4.79 Å². The lowest BCUT2D eigenvalue weighted by Crippen LogP contribution is -2.23. The van der Waals surface area contributed by atoms with Crippen LogP contribution in [0.5, 0.6) is 0 Å². The SMILES string of the molecule is CC(=O)NO[N+](=O)[O-]. The summed E-state index contributed by atoms with van der Waals surface area (Å²) in [5, 5.41) is 8.16. The van der Waals surface area contributed by atoms with Crippen molar-refractivity contribution in [2.75, 3.05) is 0 Å². The summed E-state index contributed by atoms with van der Waals surface area (Å²) in [7, 11) is 0. The minimum atomic E-state index is -1.11. The third-order valence-electron chi connectivity index (χ3n) is 0.264. The number of rotatable bonds is 2. The summed E-state index contributed by atoms with van der Waals surface area (Å²) < 4.78 is 0. The van der Waals surface area contributed by atoms with Crippen LogP contribution in [0, 0.1) is 10.1 Å². The molecule has 0 atom stereocenters. The number of carbonyl (C=O) groups is 1. The molecule has 0 spiro atoms. The molecule has 0 aromatic carbocycles. The van der Waals surface area contributed by atoms with Gasteiger partial charge in [-0.2, -0.15) is 10.4 Å². The van der Waals surface area contributed by atoms with E-state index in [0.717, 1.165) is 6.92 Å². The van der Waals surface area contributed by atoms with Gasteiger partial charge in [-0.1, -0.05) is 0 Å². The molecule has 0 rings (SSSR count). The fraction of sp³-hybridized carbons (Fsp3) is 0.500. The van der Waals surface area contributed by atoms with Crippen LogP contribution >= 0.6 is 0 Å². The van der Waals surface area contributed by atoms with Gasteiger partial charge in [-0.15, -0.1) is 10.1 Å². The Morgan fingerprint density at radius 1 is 1.88 bits per heavy atom. The average Bonchev–Trinajstić information content (AvgIpc) is 1.61. The van der Waals surface area contributed by atoms with E-state index in [1.165, 1.54) is 5.48 Å². The largest absolute Gasteiger partial charge is 0.316 e. The van der Waals surface area contributed by atoms with Crippen LogP contribution in [0.1, 0.15) is 6.92 Å². The zero-order chi connectivity index (χ0) is 6.57. The summed E-state index contributed by atoms with van der Waals surface area (Å²) in [5.41, 5.74) is 1.51. The highest BCUT2D eigenvalue weighted by molar-refractivity contribution is 5.71. The van der Waals surface area contributed by atoms with Crippen molar-refractivity contribution in [3.05, 3.63) is 10.1 Å². The number of hydrogen-bond donors (Lipinski definition) is 1. The Kier molecular flexibility index (Phi) is 2.32. The molecule has 0 aliphatic rings. The molecule has 1 amide bonds. The lowest BCUT2D eigenvalue weighted by molar-refractivity contribution is -0.772. The molecule has 0 saturated carbocycles. The molecule has 8 heavy (non-hydrogen) atoms. The average molecular weight is 120 g/mol. The summed E-state index contributed by atoms with van der Waals surface area (Å²) >= 11 is 0. The van der Waals surface area contributed by atoms with Crippen LogP contribution in [-0.2, 0) is 9.73 Å². The number of nitrogens with zero attached hydrogens (tertiary/aromatic N) is 1. The van der Waals surface area contributed by atoms with E-state index in [2.05, 4.69) is 4.94 Å². The molecule has 0 fully saturated rings. The van der Waals surface area contributed by atoms with E-state index in [1.807, 2.05) is 0 Å². The van der Waals surface area contributed by atoms with Gasteiger partial charge >= 0.3 is 5.09 Å². The van der Waals surface area contributed by atoms with Crippen molar-refractivity contribution in [3.63, 3.8) is 0 Å². The topological polar surface area (TPSA) is 81.5 Å². The Bertz CT molecular complexity index is 96.6. The van der Waals surface area contributed by atoms with E-state index >= 15 is 0 Å². The molecule has 46 valence electrons. The van der Waals surface area contributed by atoms with Gasteiger partial charge in [-0.25, -0.2) is 0 Å². The van der Waals surface area contributed by atoms with Crippen LogP contribution in [-0.4, -0.2) is 11.0 Å². The molecule has 1 N–H and O–H groups in total. The van der Waals surface area contributed by atoms with Gasteiger partial charge in [0.05, 0.1) is 0 Å². The van der Waals surface area contributed by atoms with E-state index < -0.39 is 11.0 Å². The second-order valence-corrected chi connectivity index (χ2v) is 0.973. The van der Waals surface area contributed by atoms with Crippen LogP contribution in [0.3, 0.4) is 0 Å². The molecular formula is C2H4N2O4. The van der Waals surface area contributed by atoms with Crippen molar-refractivity contribution in [1.82, 2.24) is 5.48 Å². The maximum Gasteiger partial charge on any atom is 0.316 e. The van der Waals surface area contributed by atoms with E-state index in [-0.39, 0.29) is 0 Å². The highest BCUT2D eigenvalue weighted by Crippen LogP contribution is 1.65. The fourth-order valence-electron chi connectivity index (χ4n) is 0.102. The second-order valence-electron chi connectivity index (χ2n) is 0.973. The summed E-state index contributed by atoms with van der Waals surface area (Å²) in [4.78, 5) is 22.5. The van der Waals surface area contributed by atoms with Crippen LogP contribution in [0.15, 0.2) is 0 Å².